The third-order valence-corrected chi connectivity index (χ3v) is 3.35. The fourth-order valence-electron chi connectivity index (χ4n) is 1.52. The summed E-state index contributed by atoms with van der Waals surface area (Å²) in [7, 11) is 4.15. The van der Waals surface area contributed by atoms with E-state index >= 15 is 0 Å². The van der Waals surface area contributed by atoms with Gasteiger partial charge >= 0.3 is 0 Å². The van der Waals surface area contributed by atoms with Gasteiger partial charge in [-0.15, -0.1) is 11.3 Å². The Morgan fingerprint density at radius 2 is 2.14 bits per heavy atom. The van der Waals surface area contributed by atoms with Gasteiger partial charge in [0.05, 0.1) is 0 Å². The molecule has 74 valence electrons. The predicted molar refractivity (Wildman–Crippen MR) is 64.2 cm³/mol. The molecule has 0 spiro atoms. The largest absolute Gasteiger partial charge is 0.305 e. The van der Waals surface area contributed by atoms with Crippen LogP contribution >= 0.6 is 22.9 Å². The topological polar surface area (TPSA) is 3.24 Å². The van der Waals surface area contributed by atoms with Gasteiger partial charge in [-0.05, 0) is 48.6 Å². The first-order valence-electron chi connectivity index (χ1n) is 4.47. The number of thiophene rings is 1. The fraction of sp³-hybridized carbons (Fsp3) is 0.273. The van der Waals surface area contributed by atoms with Gasteiger partial charge < -0.3 is 4.90 Å². The van der Waals surface area contributed by atoms with Crippen molar-refractivity contribution in [3.8, 4) is 0 Å². The molecular formula is C11H12ClNS. The zero-order valence-electron chi connectivity index (χ0n) is 8.25. The Morgan fingerprint density at radius 1 is 1.36 bits per heavy atom. The van der Waals surface area contributed by atoms with E-state index in [2.05, 4.69) is 30.4 Å². The lowest BCUT2D eigenvalue weighted by Crippen LogP contribution is -2.09. The number of nitrogens with zero attached hydrogens (tertiary/aromatic N) is 1. The third kappa shape index (κ3) is 1.92. The van der Waals surface area contributed by atoms with E-state index in [-0.39, 0.29) is 0 Å². The molecule has 14 heavy (non-hydrogen) atoms. The third-order valence-electron chi connectivity index (χ3n) is 2.10. The summed E-state index contributed by atoms with van der Waals surface area (Å²) in [4.78, 5) is 2.17. The Balaban J connectivity index is 2.50. The zero-order chi connectivity index (χ0) is 10.1. The van der Waals surface area contributed by atoms with E-state index < -0.39 is 0 Å². The Bertz CT molecular complexity index is 447. The van der Waals surface area contributed by atoms with Crippen LogP contribution in [0.15, 0.2) is 23.6 Å². The molecule has 0 aliphatic heterocycles. The monoisotopic (exact) mass is 225 g/mol. The predicted octanol–water partition coefficient (Wildman–Crippen LogP) is 3.62. The first-order chi connectivity index (χ1) is 6.66. The number of benzene rings is 1. The molecule has 0 aliphatic carbocycles. The first-order valence-corrected chi connectivity index (χ1v) is 5.73. The van der Waals surface area contributed by atoms with E-state index in [4.69, 9.17) is 11.6 Å². The van der Waals surface area contributed by atoms with E-state index in [1.54, 1.807) is 11.3 Å². The van der Waals surface area contributed by atoms with Crippen LogP contribution in [0, 0.1) is 0 Å². The highest BCUT2D eigenvalue weighted by Crippen LogP contribution is 2.29. The van der Waals surface area contributed by atoms with E-state index in [1.807, 2.05) is 12.1 Å². The number of fused-ring (bicyclic) bond motifs is 1. The summed E-state index contributed by atoms with van der Waals surface area (Å²) in [6.07, 6.45) is 0. The van der Waals surface area contributed by atoms with E-state index in [0.29, 0.717) is 0 Å². The van der Waals surface area contributed by atoms with Gasteiger partial charge in [0.2, 0.25) is 0 Å². The highest BCUT2D eigenvalue weighted by Gasteiger charge is 2.04. The van der Waals surface area contributed by atoms with Crippen LogP contribution < -0.4 is 0 Å². The zero-order valence-corrected chi connectivity index (χ0v) is 9.82. The van der Waals surface area contributed by atoms with Gasteiger partial charge in [-0.2, -0.15) is 0 Å². The average molecular weight is 226 g/mol. The summed E-state index contributed by atoms with van der Waals surface area (Å²) in [5, 5.41) is 4.31. The Hall–Kier alpha value is -0.570. The second kappa shape index (κ2) is 3.89. The molecule has 2 aromatic rings. The van der Waals surface area contributed by atoms with Crippen LogP contribution in [0.5, 0.6) is 0 Å². The number of rotatable bonds is 2. The van der Waals surface area contributed by atoms with Crippen LogP contribution in [-0.4, -0.2) is 19.0 Å². The van der Waals surface area contributed by atoms with Gasteiger partial charge in [0.25, 0.3) is 0 Å². The standard InChI is InChI=1S/C11H12ClNS/c1-13(2)6-8-7-14-11-4-3-9(12)5-10(8)11/h3-5,7H,6H2,1-2H3. The van der Waals surface area contributed by atoms with Gasteiger partial charge in [0.1, 0.15) is 0 Å². The quantitative estimate of drug-likeness (QED) is 0.755. The maximum atomic E-state index is 5.98. The van der Waals surface area contributed by atoms with Crippen LogP contribution in [0.25, 0.3) is 10.1 Å². The highest BCUT2D eigenvalue weighted by molar-refractivity contribution is 7.17. The maximum Gasteiger partial charge on any atom is 0.0413 e. The molecular weight excluding hydrogens is 214 g/mol. The summed E-state index contributed by atoms with van der Waals surface area (Å²) in [5.74, 6) is 0. The van der Waals surface area contributed by atoms with Gasteiger partial charge in [-0.25, -0.2) is 0 Å². The molecule has 0 aliphatic rings. The summed E-state index contributed by atoms with van der Waals surface area (Å²) < 4.78 is 1.31. The molecule has 0 atom stereocenters. The maximum absolute atomic E-state index is 5.98. The highest BCUT2D eigenvalue weighted by atomic mass is 35.5. The number of halogens is 1. The second-order valence-corrected chi connectivity index (χ2v) is 4.99. The Kier molecular flexibility index (Phi) is 2.77. The Labute approximate surface area is 92.9 Å². The van der Waals surface area contributed by atoms with E-state index in [0.717, 1.165) is 11.6 Å². The van der Waals surface area contributed by atoms with Crippen LogP contribution in [0.2, 0.25) is 5.02 Å². The number of hydrogen-bond donors (Lipinski definition) is 0. The molecule has 0 saturated carbocycles. The van der Waals surface area contributed by atoms with Crippen molar-refractivity contribution in [2.45, 2.75) is 6.54 Å². The minimum atomic E-state index is 0.816. The second-order valence-electron chi connectivity index (χ2n) is 3.64. The smallest absolute Gasteiger partial charge is 0.0413 e. The summed E-state index contributed by atoms with van der Waals surface area (Å²) >= 11 is 7.75. The molecule has 1 aromatic carbocycles. The van der Waals surface area contributed by atoms with Crippen molar-refractivity contribution in [1.82, 2.24) is 4.90 Å². The SMILES string of the molecule is CN(C)Cc1csc2ccc(Cl)cc12. The normalized spacial score (nSPS) is 11.4. The molecule has 1 heterocycles. The van der Waals surface area contributed by atoms with Crippen molar-refractivity contribution in [3.63, 3.8) is 0 Å². The molecule has 0 saturated heterocycles. The van der Waals surface area contributed by atoms with E-state index in [9.17, 15) is 0 Å². The first kappa shape index (κ1) is 9.97. The van der Waals surface area contributed by atoms with Crippen molar-refractivity contribution in [2.24, 2.45) is 0 Å². The van der Waals surface area contributed by atoms with Gasteiger partial charge in [-0.3, -0.25) is 0 Å². The Morgan fingerprint density at radius 3 is 2.86 bits per heavy atom. The lowest BCUT2D eigenvalue weighted by atomic mass is 10.2. The van der Waals surface area contributed by atoms with Crippen molar-refractivity contribution >= 4 is 33.0 Å². The fourth-order valence-corrected chi connectivity index (χ4v) is 2.62. The lowest BCUT2D eigenvalue weighted by molar-refractivity contribution is 0.404. The van der Waals surface area contributed by atoms with Crippen LogP contribution in [0.1, 0.15) is 5.56 Å². The minimum Gasteiger partial charge on any atom is -0.305 e. The van der Waals surface area contributed by atoms with Crippen LogP contribution in [0.3, 0.4) is 0 Å². The molecule has 2 rings (SSSR count). The summed E-state index contributed by atoms with van der Waals surface area (Å²) in [5.41, 5.74) is 1.36. The summed E-state index contributed by atoms with van der Waals surface area (Å²) in [6.45, 7) is 0.973. The minimum absolute atomic E-state index is 0.816. The van der Waals surface area contributed by atoms with Crippen molar-refractivity contribution in [1.29, 1.82) is 0 Å². The van der Waals surface area contributed by atoms with Crippen molar-refractivity contribution in [3.05, 3.63) is 34.2 Å². The molecule has 0 radical (unpaired) electrons. The van der Waals surface area contributed by atoms with Crippen molar-refractivity contribution < 1.29 is 0 Å². The van der Waals surface area contributed by atoms with Crippen LogP contribution in [0.4, 0.5) is 0 Å². The van der Waals surface area contributed by atoms with Crippen LogP contribution in [-0.2, 0) is 6.54 Å². The molecule has 1 nitrogen and oxygen atoms in total. The van der Waals surface area contributed by atoms with Crippen molar-refractivity contribution in [2.75, 3.05) is 14.1 Å². The molecule has 0 amide bonds. The van der Waals surface area contributed by atoms with E-state index in [1.165, 1.54) is 15.6 Å². The average Bonchev–Trinajstić information content (AvgIpc) is 2.47. The molecule has 1 aromatic heterocycles. The van der Waals surface area contributed by atoms with Gasteiger partial charge in [0.15, 0.2) is 0 Å². The van der Waals surface area contributed by atoms with Gasteiger partial charge in [-0.1, -0.05) is 11.6 Å². The molecule has 0 fully saturated rings. The molecule has 0 N–H and O–H groups in total. The molecule has 0 bridgehead atoms. The summed E-state index contributed by atoms with van der Waals surface area (Å²) in [6, 6.07) is 6.08. The molecule has 3 heteroatoms. The molecule has 0 unspecified atom stereocenters. The number of hydrogen-bond acceptors (Lipinski definition) is 2. The van der Waals surface area contributed by atoms with Gasteiger partial charge in [0, 0.05) is 16.3 Å². The lowest BCUT2D eigenvalue weighted by Gasteiger charge is -2.08.